The number of benzene rings is 1. The van der Waals surface area contributed by atoms with E-state index < -0.39 is 0 Å². The molecule has 0 saturated heterocycles. The molecule has 1 aromatic heterocycles. The van der Waals surface area contributed by atoms with Crippen LogP contribution in [0.1, 0.15) is 24.0 Å². The third-order valence-electron chi connectivity index (χ3n) is 3.76. The predicted octanol–water partition coefficient (Wildman–Crippen LogP) is 3.01. The van der Waals surface area contributed by atoms with Crippen LogP contribution in [-0.2, 0) is 13.0 Å². The van der Waals surface area contributed by atoms with E-state index in [2.05, 4.69) is 34.1 Å². The fraction of sp³-hybridized carbons (Fsp3) is 0.312. The van der Waals surface area contributed by atoms with Gasteiger partial charge in [-0.2, -0.15) is 0 Å². The number of nitrogens with two attached hydrogens (primary N) is 1. The maximum Gasteiger partial charge on any atom is 0.0642 e. The van der Waals surface area contributed by atoms with Crippen molar-refractivity contribution < 1.29 is 0 Å². The molecule has 0 bridgehead atoms. The maximum atomic E-state index is 5.86. The minimum Gasteiger partial charge on any atom is -0.340 e. The van der Waals surface area contributed by atoms with Crippen molar-refractivity contribution in [3.63, 3.8) is 0 Å². The van der Waals surface area contributed by atoms with Crippen molar-refractivity contribution in [2.45, 2.75) is 25.8 Å². The molecule has 3 rings (SSSR count). The number of nitrogens with zero attached hydrogens (tertiary/aromatic N) is 2. The second-order valence-electron chi connectivity index (χ2n) is 4.95. The third kappa shape index (κ3) is 2.34. The molecule has 0 radical (unpaired) electrons. The van der Waals surface area contributed by atoms with Crippen molar-refractivity contribution in [1.82, 2.24) is 4.98 Å². The Morgan fingerprint density at radius 2 is 2.00 bits per heavy atom. The molecule has 0 amide bonds. The van der Waals surface area contributed by atoms with Crippen LogP contribution in [0.3, 0.4) is 0 Å². The molecule has 3 nitrogen and oxygen atoms in total. The Kier molecular flexibility index (Phi) is 3.47. The number of pyridine rings is 1. The van der Waals surface area contributed by atoms with Gasteiger partial charge in [-0.3, -0.25) is 4.98 Å². The minimum atomic E-state index is 0.552. The SMILES string of the molecule is NCc1ccncc1N1CCCCc2ccccc21. The van der Waals surface area contributed by atoms with Crippen LogP contribution in [0.5, 0.6) is 0 Å². The van der Waals surface area contributed by atoms with Crippen LogP contribution in [-0.4, -0.2) is 11.5 Å². The van der Waals surface area contributed by atoms with Crippen molar-refractivity contribution >= 4 is 11.4 Å². The number of hydrogen-bond acceptors (Lipinski definition) is 3. The zero-order valence-corrected chi connectivity index (χ0v) is 11.0. The molecule has 0 aliphatic carbocycles. The zero-order valence-electron chi connectivity index (χ0n) is 11.0. The average Bonchev–Trinajstić information content (AvgIpc) is 2.69. The zero-order chi connectivity index (χ0) is 13.1. The van der Waals surface area contributed by atoms with E-state index in [0.29, 0.717) is 6.54 Å². The van der Waals surface area contributed by atoms with E-state index in [1.54, 1.807) is 0 Å². The number of aromatic nitrogens is 1. The first-order chi connectivity index (χ1) is 9.40. The topological polar surface area (TPSA) is 42.1 Å². The molecule has 2 N–H and O–H groups in total. The van der Waals surface area contributed by atoms with Crippen LogP contribution in [0.15, 0.2) is 42.7 Å². The molecule has 0 spiro atoms. The van der Waals surface area contributed by atoms with Gasteiger partial charge in [0.25, 0.3) is 0 Å². The highest BCUT2D eigenvalue weighted by atomic mass is 15.1. The number of hydrogen-bond donors (Lipinski definition) is 1. The molecular weight excluding hydrogens is 234 g/mol. The molecule has 2 aromatic rings. The molecule has 19 heavy (non-hydrogen) atoms. The van der Waals surface area contributed by atoms with Gasteiger partial charge in [0.2, 0.25) is 0 Å². The Morgan fingerprint density at radius 3 is 2.89 bits per heavy atom. The van der Waals surface area contributed by atoms with Gasteiger partial charge in [-0.25, -0.2) is 0 Å². The molecular formula is C16H19N3. The van der Waals surface area contributed by atoms with Crippen LogP contribution < -0.4 is 10.6 Å². The molecule has 0 atom stereocenters. The van der Waals surface area contributed by atoms with E-state index in [1.807, 2.05) is 18.5 Å². The molecule has 1 aromatic carbocycles. The number of fused-ring (bicyclic) bond motifs is 1. The number of rotatable bonds is 2. The average molecular weight is 253 g/mol. The van der Waals surface area contributed by atoms with Crippen molar-refractivity contribution in [2.75, 3.05) is 11.4 Å². The minimum absolute atomic E-state index is 0.552. The second kappa shape index (κ2) is 5.41. The summed E-state index contributed by atoms with van der Waals surface area (Å²) in [5, 5.41) is 0. The first kappa shape index (κ1) is 12.2. The van der Waals surface area contributed by atoms with E-state index in [1.165, 1.54) is 24.1 Å². The summed E-state index contributed by atoms with van der Waals surface area (Å²) in [6.45, 7) is 1.59. The van der Waals surface area contributed by atoms with E-state index in [-0.39, 0.29) is 0 Å². The Balaban J connectivity index is 2.09. The standard InChI is InChI=1S/C16H19N3/c17-11-14-8-9-18-12-16(14)19-10-4-3-6-13-5-1-2-7-15(13)19/h1-2,5,7-9,12H,3-4,6,10-11,17H2. The molecule has 1 aliphatic heterocycles. The highest BCUT2D eigenvalue weighted by molar-refractivity contribution is 5.68. The van der Waals surface area contributed by atoms with Crippen molar-refractivity contribution in [3.8, 4) is 0 Å². The van der Waals surface area contributed by atoms with E-state index in [0.717, 1.165) is 24.2 Å². The fourth-order valence-corrected chi connectivity index (χ4v) is 2.77. The first-order valence-electron chi connectivity index (χ1n) is 6.88. The molecule has 0 unspecified atom stereocenters. The molecule has 1 aliphatic rings. The molecule has 0 fully saturated rings. The normalized spacial score (nSPS) is 14.9. The van der Waals surface area contributed by atoms with Crippen molar-refractivity contribution in [3.05, 3.63) is 53.9 Å². The van der Waals surface area contributed by atoms with E-state index >= 15 is 0 Å². The molecule has 98 valence electrons. The summed E-state index contributed by atoms with van der Waals surface area (Å²) >= 11 is 0. The Labute approximate surface area is 114 Å². The van der Waals surface area contributed by atoms with Gasteiger partial charge in [-0.1, -0.05) is 18.2 Å². The summed E-state index contributed by atoms with van der Waals surface area (Å²) in [5.74, 6) is 0. The maximum absolute atomic E-state index is 5.86. The highest BCUT2D eigenvalue weighted by Crippen LogP contribution is 2.33. The van der Waals surface area contributed by atoms with Gasteiger partial charge >= 0.3 is 0 Å². The Bertz CT molecular complexity index is 565. The van der Waals surface area contributed by atoms with Crippen LogP contribution in [0.2, 0.25) is 0 Å². The molecule has 3 heteroatoms. The van der Waals surface area contributed by atoms with Gasteiger partial charge in [0.05, 0.1) is 11.9 Å². The summed E-state index contributed by atoms with van der Waals surface area (Å²) in [6, 6.07) is 10.7. The summed E-state index contributed by atoms with van der Waals surface area (Å²) in [7, 11) is 0. The predicted molar refractivity (Wildman–Crippen MR) is 78.5 cm³/mol. The van der Waals surface area contributed by atoms with Gasteiger partial charge in [-0.05, 0) is 42.5 Å². The fourth-order valence-electron chi connectivity index (χ4n) is 2.77. The second-order valence-corrected chi connectivity index (χ2v) is 4.95. The number of anilines is 2. The summed E-state index contributed by atoms with van der Waals surface area (Å²) < 4.78 is 0. The highest BCUT2D eigenvalue weighted by Gasteiger charge is 2.18. The lowest BCUT2D eigenvalue weighted by molar-refractivity contribution is 0.759. The van der Waals surface area contributed by atoms with E-state index in [4.69, 9.17) is 5.73 Å². The lowest BCUT2D eigenvalue weighted by Gasteiger charge is -2.26. The summed E-state index contributed by atoms with van der Waals surface area (Å²) in [4.78, 5) is 6.65. The van der Waals surface area contributed by atoms with E-state index in [9.17, 15) is 0 Å². The Hall–Kier alpha value is -1.87. The lowest BCUT2D eigenvalue weighted by Crippen LogP contribution is -2.20. The third-order valence-corrected chi connectivity index (χ3v) is 3.76. The number of aryl methyl sites for hydroxylation is 1. The number of para-hydroxylation sites is 1. The Morgan fingerprint density at radius 1 is 1.11 bits per heavy atom. The van der Waals surface area contributed by atoms with Gasteiger partial charge in [-0.15, -0.1) is 0 Å². The van der Waals surface area contributed by atoms with Crippen LogP contribution in [0.25, 0.3) is 0 Å². The quantitative estimate of drug-likeness (QED) is 0.894. The first-order valence-corrected chi connectivity index (χ1v) is 6.88. The van der Waals surface area contributed by atoms with Gasteiger partial charge in [0.15, 0.2) is 0 Å². The summed E-state index contributed by atoms with van der Waals surface area (Å²) in [5.41, 5.74) is 10.9. The van der Waals surface area contributed by atoms with Crippen molar-refractivity contribution in [1.29, 1.82) is 0 Å². The van der Waals surface area contributed by atoms with Gasteiger partial charge in [0.1, 0.15) is 0 Å². The van der Waals surface area contributed by atoms with Gasteiger partial charge < -0.3 is 10.6 Å². The van der Waals surface area contributed by atoms with Crippen LogP contribution in [0, 0.1) is 0 Å². The van der Waals surface area contributed by atoms with Crippen LogP contribution >= 0.6 is 0 Å². The smallest absolute Gasteiger partial charge is 0.0642 e. The molecule has 0 saturated carbocycles. The monoisotopic (exact) mass is 253 g/mol. The van der Waals surface area contributed by atoms with Crippen LogP contribution in [0.4, 0.5) is 11.4 Å². The van der Waals surface area contributed by atoms with Crippen molar-refractivity contribution in [2.24, 2.45) is 5.73 Å². The lowest BCUT2D eigenvalue weighted by atomic mass is 10.1. The summed E-state index contributed by atoms with van der Waals surface area (Å²) in [6.07, 6.45) is 7.35. The van der Waals surface area contributed by atoms with Gasteiger partial charge in [0, 0.05) is 25.0 Å². The molecule has 2 heterocycles. The largest absolute Gasteiger partial charge is 0.340 e.